The highest BCUT2D eigenvalue weighted by Crippen LogP contribution is 2.42. The Labute approximate surface area is 184 Å². The quantitative estimate of drug-likeness (QED) is 0.371. The summed E-state index contributed by atoms with van der Waals surface area (Å²) in [7, 11) is 3.83. The monoisotopic (exact) mass is 437 g/mol. The van der Waals surface area contributed by atoms with Gasteiger partial charge in [0.2, 0.25) is 0 Å². The number of carbonyl (C=O) groups is 2. The van der Waals surface area contributed by atoms with Crippen molar-refractivity contribution >= 4 is 40.6 Å². The van der Waals surface area contributed by atoms with Gasteiger partial charge < -0.3 is 14.5 Å². The van der Waals surface area contributed by atoms with Crippen LogP contribution in [0.1, 0.15) is 22.9 Å². The third-order valence-corrected chi connectivity index (χ3v) is 5.40. The van der Waals surface area contributed by atoms with Gasteiger partial charge in [0.15, 0.2) is 5.82 Å². The van der Waals surface area contributed by atoms with Crippen molar-refractivity contribution in [3.63, 3.8) is 0 Å². The smallest absolute Gasteiger partial charge is 0.301 e. The van der Waals surface area contributed by atoms with E-state index in [4.69, 9.17) is 16.1 Å². The van der Waals surface area contributed by atoms with E-state index in [-0.39, 0.29) is 17.2 Å². The molecular weight excluding hydrogens is 418 g/mol. The van der Waals surface area contributed by atoms with E-state index in [1.54, 1.807) is 37.3 Å². The van der Waals surface area contributed by atoms with Gasteiger partial charge >= 0.3 is 5.91 Å². The summed E-state index contributed by atoms with van der Waals surface area (Å²) in [4.78, 5) is 29.2. The normalized spacial score (nSPS) is 17.9. The molecule has 31 heavy (non-hydrogen) atoms. The summed E-state index contributed by atoms with van der Waals surface area (Å²) in [5.41, 5.74) is 1.97. The second kappa shape index (κ2) is 7.92. The van der Waals surface area contributed by atoms with E-state index < -0.39 is 17.7 Å². The molecule has 1 fully saturated rings. The van der Waals surface area contributed by atoms with Crippen LogP contribution in [0.25, 0.3) is 5.76 Å². The zero-order valence-corrected chi connectivity index (χ0v) is 17.9. The summed E-state index contributed by atoms with van der Waals surface area (Å²) in [6, 6.07) is 14.5. The average molecular weight is 438 g/mol. The second-order valence-electron chi connectivity index (χ2n) is 7.46. The first-order valence-electron chi connectivity index (χ1n) is 9.55. The van der Waals surface area contributed by atoms with Crippen LogP contribution in [-0.4, -0.2) is 36.0 Å². The Kier molecular flexibility index (Phi) is 5.29. The van der Waals surface area contributed by atoms with Gasteiger partial charge in [-0.2, -0.15) is 0 Å². The van der Waals surface area contributed by atoms with Crippen molar-refractivity contribution in [2.75, 3.05) is 23.9 Å². The Hall–Kier alpha value is -3.58. The summed E-state index contributed by atoms with van der Waals surface area (Å²) in [6.07, 6.45) is 0. The molecule has 3 aromatic rings. The topological polar surface area (TPSA) is 86.9 Å². The minimum atomic E-state index is -0.864. The van der Waals surface area contributed by atoms with Crippen molar-refractivity contribution in [3.05, 3.63) is 82.1 Å². The number of rotatable bonds is 4. The molecule has 1 aliphatic heterocycles. The minimum Gasteiger partial charge on any atom is -0.507 e. The molecule has 2 heterocycles. The van der Waals surface area contributed by atoms with Crippen LogP contribution >= 0.6 is 11.6 Å². The fourth-order valence-corrected chi connectivity index (χ4v) is 3.70. The average Bonchev–Trinajstić information content (AvgIpc) is 3.29. The van der Waals surface area contributed by atoms with Gasteiger partial charge in [-0.05, 0) is 48.9 Å². The highest BCUT2D eigenvalue weighted by molar-refractivity contribution is 6.51. The number of aliphatic hydroxyl groups excluding tert-OH is 1. The maximum absolute atomic E-state index is 13.0. The largest absolute Gasteiger partial charge is 0.507 e. The van der Waals surface area contributed by atoms with Crippen molar-refractivity contribution in [3.8, 4) is 0 Å². The molecule has 7 nitrogen and oxygen atoms in total. The molecule has 158 valence electrons. The van der Waals surface area contributed by atoms with Crippen molar-refractivity contribution in [1.82, 2.24) is 5.16 Å². The first-order chi connectivity index (χ1) is 14.8. The SMILES string of the molecule is Cc1cc(N2C(=O)C(=O)/C(=C(/O)c3ccc(Cl)cc3)[C@H]2c2ccc(N(C)C)cc2)no1. The molecule has 4 rings (SSSR count). The third kappa shape index (κ3) is 3.68. The Bertz CT molecular complexity index is 1180. The fraction of sp³-hybridized carbons (Fsp3) is 0.174. The highest BCUT2D eigenvalue weighted by Gasteiger charge is 2.48. The van der Waals surface area contributed by atoms with Gasteiger partial charge in [0, 0.05) is 36.4 Å². The zero-order chi connectivity index (χ0) is 22.3. The second-order valence-corrected chi connectivity index (χ2v) is 7.89. The van der Waals surface area contributed by atoms with Crippen LogP contribution in [-0.2, 0) is 9.59 Å². The summed E-state index contributed by atoms with van der Waals surface area (Å²) in [5, 5.41) is 15.5. The summed E-state index contributed by atoms with van der Waals surface area (Å²) < 4.78 is 5.13. The molecule has 0 aliphatic carbocycles. The predicted molar refractivity (Wildman–Crippen MR) is 118 cm³/mol. The lowest BCUT2D eigenvalue weighted by Crippen LogP contribution is -2.29. The maximum atomic E-state index is 13.0. The lowest BCUT2D eigenvalue weighted by atomic mass is 9.95. The molecule has 0 spiro atoms. The Morgan fingerprint density at radius 3 is 2.29 bits per heavy atom. The van der Waals surface area contributed by atoms with Crippen molar-refractivity contribution in [2.24, 2.45) is 0 Å². The van der Waals surface area contributed by atoms with Crippen LogP contribution in [0.4, 0.5) is 11.5 Å². The number of ketones is 1. The van der Waals surface area contributed by atoms with Crippen LogP contribution in [0.15, 0.2) is 64.7 Å². The number of carbonyl (C=O) groups excluding carboxylic acids is 2. The lowest BCUT2D eigenvalue weighted by molar-refractivity contribution is -0.132. The molecule has 0 saturated carbocycles. The molecule has 1 atom stereocenters. The Balaban J connectivity index is 1.91. The summed E-state index contributed by atoms with van der Waals surface area (Å²) in [6.45, 7) is 1.70. The Morgan fingerprint density at radius 2 is 1.74 bits per heavy atom. The summed E-state index contributed by atoms with van der Waals surface area (Å²) in [5.74, 6) is -1.16. The van der Waals surface area contributed by atoms with E-state index in [0.717, 1.165) is 5.69 Å². The molecule has 1 N–H and O–H groups in total. The fourth-order valence-electron chi connectivity index (χ4n) is 3.57. The van der Waals surface area contributed by atoms with Crippen LogP contribution in [0.5, 0.6) is 0 Å². The van der Waals surface area contributed by atoms with E-state index in [1.165, 1.54) is 4.90 Å². The lowest BCUT2D eigenvalue weighted by Gasteiger charge is -2.23. The van der Waals surface area contributed by atoms with Crippen LogP contribution in [0, 0.1) is 6.92 Å². The van der Waals surface area contributed by atoms with Crippen LogP contribution in [0.3, 0.4) is 0 Å². The number of benzene rings is 2. The third-order valence-electron chi connectivity index (χ3n) is 5.15. The molecular formula is C23H20ClN3O4. The molecule has 0 radical (unpaired) electrons. The number of halogens is 1. The van der Waals surface area contributed by atoms with E-state index >= 15 is 0 Å². The van der Waals surface area contributed by atoms with Crippen LogP contribution < -0.4 is 9.80 Å². The van der Waals surface area contributed by atoms with E-state index in [0.29, 0.717) is 21.9 Å². The number of amides is 1. The number of anilines is 2. The van der Waals surface area contributed by atoms with Gasteiger partial charge in [-0.3, -0.25) is 14.5 Å². The first kappa shape index (κ1) is 20.7. The van der Waals surface area contributed by atoms with Crippen LogP contribution in [0.2, 0.25) is 5.02 Å². The number of Topliss-reactive ketones (excluding diaryl/α,β-unsaturated/α-hetero) is 1. The summed E-state index contributed by atoms with van der Waals surface area (Å²) >= 11 is 5.95. The van der Waals surface area contributed by atoms with E-state index in [2.05, 4.69) is 5.16 Å². The van der Waals surface area contributed by atoms with Crippen molar-refractivity contribution in [2.45, 2.75) is 13.0 Å². The van der Waals surface area contributed by atoms with E-state index in [9.17, 15) is 14.7 Å². The Morgan fingerprint density at radius 1 is 1.10 bits per heavy atom. The van der Waals surface area contributed by atoms with Gasteiger partial charge in [0.1, 0.15) is 11.5 Å². The van der Waals surface area contributed by atoms with Crippen molar-refractivity contribution < 1.29 is 19.2 Å². The predicted octanol–water partition coefficient (Wildman–Crippen LogP) is 4.33. The first-order valence-corrected chi connectivity index (χ1v) is 9.93. The number of hydrogen-bond acceptors (Lipinski definition) is 6. The minimum absolute atomic E-state index is 0.0226. The van der Waals surface area contributed by atoms with Gasteiger partial charge in [0.05, 0.1) is 11.6 Å². The van der Waals surface area contributed by atoms with E-state index in [1.807, 2.05) is 43.3 Å². The molecule has 1 saturated heterocycles. The number of aryl methyl sites for hydroxylation is 1. The molecule has 1 amide bonds. The number of nitrogens with zero attached hydrogens (tertiary/aromatic N) is 3. The van der Waals surface area contributed by atoms with Crippen molar-refractivity contribution in [1.29, 1.82) is 0 Å². The molecule has 0 unspecified atom stereocenters. The molecule has 0 bridgehead atoms. The maximum Gasteiger partial charge on any atom is 0.301 e. The highest BCUT2D eigenvalue weighted by atomic mass is 35.5. The number of hydrogen-bond donors (Lipinski definition) is 1. The standard InChI is InChI=1S/C23H20ClN3O4/c1-13-12-18(25-31-13)27-20(14-6-10-17(11-7-14)26(2)3)19(22(29)23(27)30)21(28)15-4-8-16(24)9-5-15/h4-12,20,28H,1-3H3/b21-19+/t20-/m1/s1. The number of aromatic nitrogens is 1. The van der Waals surface area contributed by atoms with Gasteiger partial charge in [-0.1, -0.05) is 28.9 Å². The molecule has 1 aromatic heterocycles. The zero-order valence-electron chi connectivity index (χ0n) is 17.2. The van der Waals surface area contributed by atoms with Gasteiger partial charge in [0.25, 0.3) is 5.78 Å². The van der Waals surface area contributed by atoms with Gasteiger partial charge in [-0.25, -0.2) is 0 Å². The molecule has 1 aliphatic rings. The molecule has 8 heteroatoms. The van der Waals surface area contributed by atoms with Gasteiger partial charge in [-0.15, -0.1) is 0 Å². The number of aliphatic hydroxyl groups is 1. The molecule has 2 aromatic carbocycles.